The number of benzene rings is 2. The lowest BCUT2D eigenvalue weighted by atomic mass is 9.78. The van der Waals surface area contributed by atoms with Crippen molar-refractivity contribution in [3.8, 4) is 5.75 Å². The molecule has 3 nitrogen and oxygen atoms in total. The van der Waals surface area contributed by atoms with E-state index < -0.39 is 15.3 Å². The van der Waals surface area contributed by atoms with E-state index in [9.17, 15) is 12.9 Å². The molecule has 0 saturated carbocycles. The van der Waals surface area contributed by atoms with Crippen molar-refractivity contribution in [1.29, 1.82) is 0 Å². The molecule has 0 unspecified atom stereocenters. The SMILES string of the molecule is CC(C)(c1ccccc1)c1ccc(OF)c(S(C)(=O)=O)c1. The van der Waals surface area contributed by atoms with E-state index in [1.807, 2.05) is 44.2 Å². The van der Waals surface area contributed by atoms with Crippen LogP contribution in [0.15, 0.2) is 53.4 Å². The van der Waals surface area contributed by atoms with Crippen LogP contribution in [0, 0.1) is 0 Å². The van der Waals surface area contributed by atoms with Crippen LogP contribution in [-0.2, 0) is 15.3 Å². The van der Waals surface area contributed by atoms with E-state index in [1.165, 1.54) is 12.1 Å². The van der Waals surface area contributed by atoms with E-state index in [0.29, 0.717) is 0 Å². The molecule has 0 radical (unpaired) electrons. The van der Waals surface area contributed by atoms with Crippen LogP contribution in [0.3, 0.4) is 0 Å². The van der Waals surface area contributed by atoms with Crippen molar-refractivity contribution in [3.63, 3.8) is 0 Å². The highest BCUT2D eigenvalue weighted by Gasteiger charge is 2.26. The second-order valence-corrected chi connectivity index (χ2v) is 7.49. The number of hydrogen-bond acceptors (Lipinski definition) is 3. The first-order valence-corrected chi connectivity index (χ1v) is 8.34. The maximum atomic E-state index is 12.5. The number of hydrogen-bond donors (Lipinski definition) is 0. The van der Waals surface area contributed by atoms with E-state index in [-0.39, 0.29) is 10.6 Å². The van der Waals surface area contributed by atoms with Gasteiger partial charge in [-0.25, -0.2) is 8.42 Å². The van der Waals surface area contributed by atoms with Crippen molar-refractivity contribution < 1.29 is 17.9 Å². The van der Waals surface area contributed by atoms with Crippen LogP contribution >= 0.6 is 0 Å². The maximum absolute atomic E-state index is 12.5. The average molecular weight is 308 g/mol. The van der Waals surface area contributed by atoms with Gasteiger partial charge in [0.1, 0.15) is 4.90 Å². The quantitative estimate of drug-likeness (QED) is 0.865. The third kappa shape index (κ3) is 3.08. The maximum Gasteiger partial charge on any atom is 0.190 e. The van der Waals surface area contributed by atoms with Crippen LogP contribution in [0.25, 0.3) is 0 Å². The molecule has 0 atom stereocenters. The van der Waals surface area contributed by atoms with Crippen molar-refractivity contribution in [2.24, 2.45) is 0 Å². The molecule has 0 aromatic heterocycles. The minimum atomic E-state index is -3.58. The third-order valence-electron chi connectivity index (χ3n) is 3.64. The van der Waals surface area contributed by atoms with Crippen molar-refractivity contribution in [2.45, 2.75) is 24.2 Å². The summed E-state index contributed by atoms with van der Waals surface area (Å²) in [4.78, 5) is 3.52. The van der Waals surface area contributed by atoms with Crippen LogP contribution in [0.1, 0.15) is 25.0 Å². The molecule has 21 heavy (non-hydrogen) atoms. The Kier molecular flexibility index (Phi) is 4.05. The van der Waals surface area contributed by atoms with Crippen LogP contribution in [0.2, 0.25) is 0 Å². The molecule has 2 rings (SSSR count). The summed E-state index contributed by atoms with van der Waals surface area (Å²) in [6.07, 6.45) is 1.03. The molecule has 0 aliphatic rings. The van der Waals surface area contributed by atoms with Crippen molar-refractivity contribution in [2.75, 3.05) is 6.26 Å². The second-order valence-electron chi connectivity index (χ2n) is 5.50. The lowest BCUT2D eigenvalue weighted by Crippen LogP contribution is -2.19. The third-order valence-corrected chi connectivity index (χ3v) is 4.76. The average Bonchev–Trinajstić information content (AvgIpc) is 2.46. The lowest BCUT2D eigenvalue weighted by molar-refractivity contribution is -0.00984. The van der Waals surface area contributed by atoms with Gasteiger partial charge in [0.05, 0.1) is 0 Å². The van der Waals surface area contributed by atoms with Gasteiger partial charge >= 0.3 is 0 Å². The normalized spacial score (nSPS) is 12.2. The van der Waals surface area contributed by atoms with Crippen LogP contribution in [-0.4, -0.2) is 14.7 Å². The van der Waals surface area contributed by atoms with E-state index in [4.69, 9.17) is 0 Å². The summed E-state index contributed by atoms with van der Waals surface area (Å²) in [6, 6.07) is 14.2. The first-order valence-electron chi connectivity index (χ1n) is 6.45. The molecular weight excluding hydrogens is 291 g/mol. The van der Waals surface area contributed by atoms with Gasteiger partial charge in [-0.2, -0.15) is 0 Å². The van der Waals surface area contributed by atoms with E-state index >= 15 is 0 Å². The summed E-state index contributed by atoms with van der Waals surface area (Å²) < 4.78 is 36.1. The molecule has 0 spiro atoms. The summed E-state index contributed by atoms with van der Waals surface area (Å²) in [6.45, 7) is 3.97. The fourth-order valence-corrected chi connectivity index (χ4v) is 3.08. The Morgan fingerprint density at radius 3 is 2.14 bits per heavy atom. The van der Waals surface area contributed by atoms with Gasteiger partial charge in [-0.3, -0.25) is 4.94 Å². The second kappa shape index (κ2) is 5.48. The molecule has 5 heteroatoms. The highest BCUT2D eigenvalue weighted by Crippen LogP contribution is 2.35. The van der Waals surface area contributed by atoms with Crippen LogP contribution in [0.4, 0.5) is 4.53 Å². The Morgan fingerprint density at radius 2 is 1.62 bits per heavy atom. The fraction of sp³-hybridized carbons (Fsp3) is 0.250. The molecule has 2 aromatic carbocycles. The van der Waals surface area contributed by atoms with E-state index in [0.717, 1.165) is 17.4 Å². The number of halogens is 1. The standard InChI is InChI=1S/C16H17FO3S/c1-16(2,12-7-5-4-6-8-12)13-9-10-14(20-17)15(11-13)21(3,18)19/h4-11H,1-3H3. The number of rotatable bonds is 4. The predicted molar refractivity (Wildman–Crippen MR) is 79.9 cm³/mol. The molecule has 0 N–H and O–H groups in total. The molecule has 0 amide bonds. The highest BCUT2D eigenvalue weighted by molar-refractivity contribution is 7.90. The zero-order chi connectivity index (χ0) is 15.7. The van der Waals surface area contributed by atoms with Gasteiger partial charge in [0.25, 0.3) is 0 Å². The largest absolute Gasteiger partial charge is 0.293 e. The summed E-state index contributed by atoms with van der Waals surface area (Å²) in [5, 5.41) is 0. The zero-order valence-corrected chi connectivity index (χ0v) is 12.9. The Morgan fingerprint density at radius 1 is 1.00 bits per heavy atom. The van der Waals surface area contributed by atoms with Crippen molar-refractivity contribution in [3.05, 3.63) is 59.7 Å². The van der Waals surface area contributed by atoms with Crippen molar-refractivity contribution >= 4 is 9.84 Å². The van der Waals surface area contributed by atoms with Gasteiger partial charge in [0.15, 0.2) is 15.6 Å². The molecule has 112 valence electrons. The molecule has 0 bridgehead atoms. The van der Waals surface area contributed by atoms with Crippen LogP contribution in [0.5, 0.6) is 5.75 Å². The topological polar surface area (TPSA) is 43.4 Å². The molecule has 2 aromatic rings. The Labute approximate surface area is 124 Å². The Bertz CT molecular complexity index is 737. The van der Waals surface area contributed by atoms with Gasteiger partial charge in [0.2, 0.25) is 0 Å². The Balaban J connectivity index is 2.60. The van der Waals surface area contributed by atoms with Gasteiger partial charge in [0, 0.05) is 16.2 Å². The Hall–Kier alpha value is -1.88. The monoisotopic (exact) mass is 308 g/mol. The molecular formula is C16H17FO3S. The smallest absolute Gasteiger partial charge is 0.190 e. The minimum Gasteiger partial charge on any atom is -0.293 e. The molecule has 0 aliphatic carbocycles. The fourth-order valence-electron chi connectivity index (χ4n) is 2.27. The molecule has 0 aliphatic heterocycles. The van der Waals surface area contributed by atoms with Gasteiger partial charge in [-0.1, -0.05) is 50.2 Å². The van der Waals surface area contributed by atoms with Crippen molar-refractivity contribution in [1.82, 2.24) is 0 Å². The summed E-state index contributed by atoms with van der Waals surface area (Å²) in [7, 11) is -3.58. The predicted octanol–water partition coefficient (Wildman–Crippen LogP) is 3.68. The van der Waals surface area contributed by atoms with Gasteiger partial charge < -0.3 is 0 Å². The first-order chi connectivity index (χ1) is 9.76. The number of sulfone groups is 1. The highest BCUT2D eigenvalue weighted by atomic mass is 32.2. The van der Waals surface area contributed by atoms with Gasteiger partial charge in [-0.05, 0) is 23.3 Å². The van der Waals surface area contributed by atoms with Gasteiger partial charge in [-0.15, -0.1) is 0 Å². The molecule has 0 heterocycles. The van der Waals surface area contributed by atoms with E-state index in [2.05, 4.69) is 4.94 Å². The summed E-state index contributed by atoms with van der Waals surface area (Å²) >= 11 is 0. The first kappa shape index (κ1) is 15.5. The molecule has 0 saturated heterocycles. The summed E-state index contributed by atoms with van der Waals surface area (Å²) in [5.74, 6) is -0.287. The zero-order valence-electron chi connectivity index (χ0n) is 12.1. The summed E-state index contributed by atoms with van der Waals surface area (Å²) in [5.41, 5.74) is 1.41. The minimum absolute atomic E-state index is 0.147. The van der Waals surface area contributed by atoms with E-state index in [1.54, 1.807) is 6.07 Å². The lowest BCUT2D eigenvalue weighted by Gasteiger charge is -2.26. The molecule has 0 fully saturated rings. The van der Waals surface area contributed by atoms with Crippen LogP contribution < -0.4 is 4.94 Å².